The van der Waals surface area contributed by atoms with E-state index in [0.717, 1.165) is 11.3 Å². The van der Waals surface area contributed by atoms with Gasteiger partial charge in [0.25, 0.3) is 0 Å². The Kier molecular flexibility index (Phi) is 6.79. The van der Waals surface area contributed by atoms with Crippen LogP contribution in [0.3, 0.4) is 0 Å². The molecule has 0 bridgehead atoms. The molecule has 1 aliphatic heterocycles. The van der Waals surface area contributed by atoms with E-state index in [9.17, 15) is 9.59 Å². The molecule has 7 nitrogen and oxygen atoms in total. The molecular formula is C21H25ClN2O5. The number of benzene rings is 1. The van der Waals surface area contributed by atoms with Gasteiger partial charge in [-0.15, -0.1) is 0 Å². The minimum atomic E-state index is -0.785. The lowest BCUT2D eigenvalue weighted by molar-refractivity contribution is -0.143. The van der Waals surface area contributed by atoms with Crippen molar-refractivity contribution >= 4 is 23.7 Å². The van der Waals surface area contributed by atoms with Gasteiger partial charge in [0.15, 0.2) is 0 Å². The third-order valence-electron chi connectivity index (χ3n) is 5.44. The lowest BCUT2D eigenvalue weighted by atomic mass is 9.85. The van der Waals surface area contributed by atoms with Crippen LogP contribution in [0.1, 0.15) is 31.2 Å². The third kappa shape index (κ3) is 5.29. The highest BCUT2D eigenvalue weighted by molar-refractivity contribution is 6.30. The summed E-state index contributed by atoms with van der Waals surface area (Å²) in [5, 5.41) is 9.76. The van der Waals surface area contributed by atoms with Crippen LogP contribution in [0.4, 0.5) is 4.79 Å². The number of carboxylic acids is 1. The number of aliphatic carboxylic acids is 1. The van der Waals surface area contributed by atoms with Gasteiger partial charge < -0.3 is 19.2 Å². The van der Waals surface area contributed by atoms with Gasteiger partial charge in [-0.1, -0.05) is 18.5 Å². The van der Waals surface area contributed by atoms with Gasteiger partial charge in [0.2, 0.25) is 5.89 Å². The van der Waals surface area contributed by atoms with Gasteiger partial charge >= 0.3 is 12.1 Å². The minimum absolute atomic E-state index is 0.0978. The highest BCUT2D eigenvalue weighted by Gasteiger charge is 2.30. The molecule has 0 aliphatic carbocycles. The molecule has 1 amide bonds. The number of hydrogen-bond acceptors (Lipinski definition) is 5. The molecule has 1 aliphatic rings. The Labute approximate surface area is 174 Å². The van der Waals surface area contributed by atoms with Crippen molar-refractivity contribution in [2.45, 2.75) is 33.1 Å². The van der Waals surface area contributed by atoms with E-state index in [4.69, 9.17) is 25.9 Å². The SMILES string of the molecule is Cc1oc(-c2ccc(Cl)cc2)nc1CCOC(=O)N1CCC(C(C)C(=O)O)CC1. The fraction of sp³-hybridized carbons (Fsp3) is 0.476. The van der Waals surface area contributed by atoms with E-state index in [-0.39, 0.29) is 18.6 Å². The van der Waals surface area contributed by atoms with Crippen molar-refractivity contribution in [3.8, 4) is 11.5 Å². The molecule has 1 aromatic carbocycles. The minimum Gasteiger partial charge on any atom is -0.481 e. The first-order valence-corrected chi connectivity index (χ1v) is 10.1. The average Bonchev–Trinajstić information content (AvgIpc) is 3.08. The zero-order valence-electron chi connectivity index (χ0n) is 16.6. The average molecular weight is 421 g/mol. The molecule has 3 rings (SSSR count). The van der Waals surface area contributed by atoms with Gasteiger partial charge in [-0.3, -0.25) is 4.79 Å². The number of hydrogen-bond donors (Lipinski definition) is 1. The molecule has 1 aromatic heterocycles. The molecule has 1 saturated heterocycles. The molecule has 8 heteroatoms. The number of carboxylic acid groups (broad SMARTS) is 1. The number of amides is 1. The molecule has 156 valence electrons. The molecular weight excluding hydrogens is 396 g/mol. The maximum atomic E-state index is 12.3. The number of likely N-dealkylation sites (tertiary alicyclic amines) is 1. The molecule has 1 fully saturated rings. The van der Waals surface area contributed by atoms with Crippen LogP contribution < -0.4 is 0 Å². The van der Waals surface area contributed by atoms with Crippen LogP contribution in [0.2, 0.25) is 5.02 Å². The van der Waals surface area contributed by atoms with E-state index >= 15 is 0 Å². The predicted molar refractivity (Wildman–Crippen MR) is 108 cm³/mol. The quantitative estimate of drug-likeness (QED) is 0.743. The summed E-state index contributed by atoms with van der Waals surface area (Å²) in [6, 6.07) is 7.23. The van der Waals surface area contributed by atoms with Crippen molar-refractivity contribution in [3.05, 3.63) is 40.7 Å². The highest BCUT2D eigenvalue weighted by atomic mass is 35.5. The zero-order chi connectivity index (χ0) is 21.0. The molecule has 1 atom stereocenters. The second kappa shape index (κ2) is 9.31. The monoisotopic (exact) mass is 420 g/mol. The first kappa shape index (κ1) is 21.2. The van der Waals surface area contributed by atoms with Crippen LogP contribution in [0.15, 0.2) is 28.7 Å². The molecule has 0 spiro atoms. The van der Waals surface area contributed by atoms with Crippen LogP contribution >= 0.6 is 11.6 Å². The lowest BCUT2D eigenvalue weighted by Gasteiger charge is -2.32. The van der Waals surface area contributed by atoms with Crippen LogP contribution in [0.5, 0.6) is 0 Å². The van der Waals surface area contributed by atoms with E-state index in [1.165, 1.54) is 0 Å². The number of carbonyl (C=O) groups is 2. The summed E-state index contributed by atoms with van der Waals surface area (Å²) in [5.74, 6) is 0.121. The number of nitrogens with zero attached hydrogens (tertiary/aromatic N) is 2. The maximum Gasteiger partial charge on any atom is 0.409 e. The highest BCUT2D eigenvalue weighted by Crippen LogP contribution is 2.26. The summed E-state index contributed by atoms with van der Waals surface area (Å²) >= 11 is 5.91. The van der Waals surface area contributed by atoms with E-state index < -0.39 is 11.9 Å². The third-order valence-corrected chi connectivity index (χ3v) is 5.69. The first-order valence-electron chi connectivity index (χ1n) is 9.72. The van der Waals surface area contributed by atoms with Crippen LogP contribution in [-0.4, -0.2) is 46.7 Å². The van der Waals surface area contributed by atoms with Crippen molar-refractivity contribution in [3.63, 3.8) is 0 Å². The molecule has 0 radical (unpaired) electrons. The second-order valence-electron chi connectivity index (χ2n) is 7.34. The van der Waals surface area contributed by atoms with Crippen molar-refractivity contribution in [1.29, 1.82) is 0 Å². The first-order chi connectivity index (χ1) is 13.8. The van der Waals surface area contributed by atoms with Crippen molar-refractivity contribution in [1.82, 2.24) is 9.88 Å². The Balaban J connectivity index is 1.47. The largest absolute Gasteiger partial charge is 0.481 e. The fourth-order valence-electron chi connectivity index (χ4n) is 3.49. The summed E-state index contributed by atoms with van der Waals surface area (Å²) in [7, 11) is 0. The molecule has 2 heterocycles. The normalized spacial score (nSPS) is 15.9. The Morgan fingerprint density at radius 3 is 2.59 bits per heavy atom. The standard InChI is InChI=1S/C21H25ClN2O5/c1-13(20(25)26)15-7-10-24(11-8-15)21(27)28-12-9-18-14(2)29-19(23-18)16-3-5-17(22)6-4-16/h3-6,13,15H,7-12H2,1-2H3,(H,25,26). The number of ether oxygens (including phenoxy) is 1. The predicted octanol–water partition coefficient (Wildman–Crippen LogP) is 4.42. The summed E-state index contributed by atoms with van der Waals surface area (Å²) in [5.41, 5.74) is 1.58. The Morgan fingerprint density at radius 1 is 1.31 bits per heavy atom. The lowest BCUT2D eigenvalue weighted by Crippen LogP contribution is -2.41. The number of piperidine rings is 1. The molecule has 2 aromatic rings. The van der Waals surface area contributed by atoms with E-state index in [1.807, 2.05) is 19.1 Å². The molecule has 1 N–H and O–H groups in total. The maximum absolute atomic E-state index is 12.3. The topological polar surface area (TPSA) is 92.9 Å². The Bertz CT molecular complexity index is 856. The van der Waals surface area contributed by atoms with E-state index in [1.54, 1.807) is 24.0 Å². The summed E-state index contributed by atoms with van der Waals surface area (Å²) in [4.78, 5) is 29.5. The van der Waals surface area contributed by atoms with Gasteiger partial charge in [-0.2, -0.15) is 0 Å². The summed E-state index contributed by atoms with van der Waals surface area (Å²) in [6.45, 7) is 4.80. The summed E-state index contributed by atoms with van der Waals surface area (Å²) < 4.78 is 11.1. The Morgan fingerprint density at radius 2 is 1.97 bits per heavy atom. The van der Waals surface area contributed by atoms with Crippen molar-refractivity contribution in [2.24, 2.45) is 11.8 Å². The fourth-order valence-corrected chi connectivity index (χ4v) is 3.61. The van der Waals surface area contributed by atoms with E-state index in [0.29, 0.717) is 49.0 Å². The van der Waals surface area contributed by atoms with Crippen molar-refractivity contribution in [2.75, 3.05) is 19.7 Å². The number of oxazole rings is 1. The second-order valence-corrected chi connectivity index (χ2v) is 7.78. The number of aromatic nitrogens is 1. The Hall–Kier alpha value is -2.54. The number of rotatable bonds is 6. The zero-order valence-corrected chi connectivity index (χ0v) is 17.3. The molecule has 1 unspecified atom stereocenters. The van der Waals surface area contributed by atoms with Gasteiger partial charge in [0.1, 0.15) is 5.76 Å². The van der Waals surface area contributed by atoms with Crippen LogP contribution in [-0.2, 0) is 16.0 Å². The van der Waals surface area contributed by atoms with Crippen molar-refractivity contribution < 1.29 is 23.8 Å². The van der Waals surface area contributed by atoms with Crippen LogP contribution in [0.25, 0.3) is 11.5 Å². The van der Waals surface area contributed by atoms with Gasteiger partial charge in [-0.25, -0.2) is 9.78 Å². The number of aryl methyl sites for hydroxylation is 1. The smallest absolute Gasteiger partial charge is 0.409 e. The number of halogens is 1. The molecule has 29 heavy (non-hydrogen) atoms. The van der Waals surface area contributed by atoms with Gasteiger partial charge in [0, 0.05) is 30.1 Å². The van der Waals surface area contributed by atoms with Gasteiger partial charge in [-0.05, 0) is 49.9 Å². The van der Waals surface area contributed by atoms with Crippen LogP contribution in [0, 0.1) is 18.8 Å². The van der Waals surface area contributed by atoms with E-state index in [2.05, 4.69) is 4.98 Å². The summed E-state index contributed by atoms with van der Waals surface area (Å²) in [6.07, 6.45) is 1.44. The van der Waals surface area contributed by atoms with Gasteiger partial charge in [0.05, 0.1) is 18.2 Å². The molecule has 0 saturated carbocycles. The number of carbonyl (C=O) groups excluding carboxylic acids is 1.